The molecular weight excluding hydrogens is 242 g/mol. The van der Waals surface area contributed by atoms with Crippen molar-refractivity contribution in [3.8, 4) is 0 Å². The van der Waals surface area contributed by atoms with Crippen molar-refractivity contribution in [1.29, 1.82) is 0 Å². The fraction of sp³-hybridized carbons (Fsp3) is 0.368. The van der Waals surface area contributed by atoms with Gasteiger partial charge < -0.3 is 5.32 Å². The summed E-state index contributed by atoms with van der Waals surface area (Å²) >= 11 is 0. The Morgan fingerprint density at radius 2 is 1.45 bits per heavy atom. The lowest BCUT2D eigenvalue weighted by Gasteiger charge is -2.21. The molecule has 2 aromatic rings. The van der Waals surface area contributed by atoms with Gasteiger partial charge in [-0.25, -0.2) is 0 Å². The van der Waals surface area contributed by atoms with Crippen molar-refractivity contribution in [3.05, 3.63) is 70.3 Å². The Balaban J connectivity index is 2.24. The summed E-state index contributed by atoms with van der Waals surface area (Å²) in [7, 11) is 2.05. The smallest absolute Gasteiger partial charge is 0.0363 e. The van der Waals surface area contributed by atoms with Gasteiger partial charge in [0, 0.05) is 6.04 Å². The van der Waals surface area contributed by atoms with Gasteiger partial charge in [0.05, 0.1) is 0 Å². The van der Waals surface area contributed by atoms with Crippen LogP contribution in [-0.4, -0.2) is 7.05 Å². The van der Waals surface area contributed by atoms with Crippen LogP contribution >= 0.6 is 0 Å². The van der Waals surface area contributed by atoms with E-state index in [4.69, 9.17) is 0 Å². The van der Waals surface area contributed by atoms with Crippen molar-refractivity contribution in [1.82, 2.24) is 5.32 Å². The molecular formula is C19H25N. The van der Waals surface area contributed by atoms with Crippen molar-refractivity contribution < 1.29 is 0 Å². The molecule has 1 N–H and O–H groups in total. The Morgan fingerprint density at radius 1 is 0.900 bits per heavy atom. The molecule has 0 aliphatic rings. The number of rotatable bonds is 5. The van der Waals surface area contributed by atoms with Gasteiger partial charge >= 0.3 is 0 Å². The predicted molar refractivity (Wildman–Crippen MR) is 87.2 cm³/mol. The minimum atomic E-state index is 0.378. The molecule has 0 aromatic heterocycles. The molecule has 0 amide bonds. The van der Waals surface area contributed by atoms with Gasteiger partial charge in [-0.3, -0.25) is 0 Å². The van der Waals surface area contributed by atoms with Crippen LogP contribution in [0.4, 0.5) is 0 Å². The predicted octanol–water partition coefficient (Wildman–Crippen LogP) is 4.37. The molecule has 0 saturated heterocycles. The van der Waals surface area contributed by atoms with Gasteiger partial charge in [-0.1, -0.05) is 49.4 Å². The summed E-state index contributed by atoms with van der Waals surface area (Å²) in [5.41, 5.74) is 6.98. The largest absolute Gasteiger partial charge is 0.313 e. The molecule has 0 spiro atoms. The van der Waals surface area contributed by atoms with Crippen LogP contribution in [0, 0.1) is 13.8 Å². The Hall–Kier alpha value is -1.60. The summed E-state index contributed by atoms with van der Waals surface area (Å²) in [6.45, 7) is 6.60. The second-order valence-corrected chi connectivity index (χ2v) is 5.52. The van der Waals surface area contributed by atoms with Crippen molar-refractivity contribution in [3.63, 3.8) is 0 Å². The average Bonchev–Trinajstić information content (AvgIpc) is 2.46. The summed E-state index contributed by atoms with van der Waals surface area (Å²) in [4.78, 5) is 0. The molecule has 0 heterocycles. The van der Waals surface area contributed by atoms with Crippen LogP contribution in [0.5, 0.6) is 0 Å². The maximum atomic E-state index is 3.48. The molecule has 2 rings (SSSR count). The van der Waals surface area contributed by atoms with Crippen LogP contribution < -0.4 is 5.32 Å². The lowest BCUT2D eigenvalue weighted by Crippen LogP contribution is -2.21. The van der Waals surface area contributed by atoms with Gasteiger partial charge in [-0.2, -0.15) is 0 Å². The fourth-order valence-corrected chi connectivity index (χ4v) is 2.87. The van der Waals surface area contributed by atoms with Crippen LogP contribution in [0.3, 0.4) is 0 Å². The molecule has 1 unspecified atom stereocenters. The molecule has 0 radical (unpaired) electrons. The number of likely N-dealkylation sites (N-methyl/N-ethyl adjacent to an activating group) is 1. The molecule has 0 aliphatic heterocycles. The molecule has 0 aliphatic carbocycles. The minimum Gasteiger partial charge on any atom is -0.313 e. The first-order chi connectivity index (χ1) is 9.65. The van der Waals surface area contributed by atoms with E-state index in [1.165, 1.54) is 27.8 Å². The Morgan fingerprint density at radius 3 is 1.95 bits per heavy atom. The molecule has 1 heteroatoms. The molecule has 1 atom stereocenters. The van der Waals surface area contributed by atoms with Crippen molar-refractivity contribution in [2.45, 2.75) is 39.7 Å². The molecule has 0 saturated carbocycles. The lowest BCUT2D eigenvalue weighted by molar-refractivity contribution is 0.585. The third kappa shape index (κ3) is 3.29. The summed E-state index contributed by atoms with van der Waals surface area (Å²) in [6.07, 6.45) is 2.14. The highest BCUT2D eigenvalue weighted by atomic mass is 14.9. The van der Waals surface area contributed by atoms with Crippen molar-refractivity contribution in [2.24, 2.45) is 0 Å². The first-order valence-corrected chi connectivity index (χ1v) is 7.47. The summed E-state index contributed by atoms with van der Waals surface area (Å²) in [5.74, 6) is 0. The van der Waals surface area contributed by atoms with Crippen LogP contribution in [0.2, 0.25) is 0 Å². The van der Waals surface area contributed by atoms with E-state index in [1.54, 1.807) is 0 Å². The second-order valence-electron chi connectivity index (χ2n) is 5.52. The zero-order chi connectivity index (χ0) is 14.5. The number of nitrogens with one attached hydrogen (secondary N) is 1. The average molecular weight is 267 g/mol. The molecule has 2 aromatic carbocycles. The van der Waals surface area contributed by atoms with E-state index in [2.05, 4.69) is 75.6 Å². The highest BCUT2D eigenvalue weighted by molar-refractivity contribution is 5.37. The van der Waals surface area contributed by atoms with E-state index in [0.29, 0.717) is 6.04 Å². The first-order valence-electron chi connectivity index (χ1n) is 7.47. The van der Waals surface area contributed by atoms with Crippen LogP contribution in [-0.2, 0) is 12.8 Å². The highest BCUT2D eigenvalue weighted by Gasteiger charge is 2.14. The SMILES string of the molecule is CCc1ccc(CC(NC)c2c(C)cccc2C)cc1. The maximum absolute atomic E-state index is 3.48. The van der Waals surface area contributed by atoms with Gasteiger partial charge in [0.2, 0.25) is 0 Å². The van der Waals surface area contributed by atoms with Gasteiger partial charge in [0.15, 0.2) is 0 Å². The minimum absolute atomic E-state index is 0.378. The second kappa shape index (κ2) is 6.71. The van der Waals surface area contributed by atoms with E-state index in [0.717, 1.165) is 12.8 Å². The van der Waals surface area contributed by atoms with Gasteiger partial charge in [0.1, 0.15) is 0 Å². The summed E-state index contributed by atoms with van der Waals surface area (Å²) in [6, 6.07) is 15.9. The fourth-order valence-electron chi connectivity index (χ4n) is 2.87. The Kier molecular flexibility index (Phi) is 4.97. The van der Waals surface area contributed by atoms with Crippen LogP contribution in [0.1, 0.15) is 40.8 Å². The Bertz CT molecular complexity index is 534. The molecule has 1 nitrogen and oxygen atoms in total. The van der Waals surface area contributed by atoms with Crippen LogP contribution in [0.25, 0.3) is 0 Å². The quantitative estimate of drug-likeness (QED) is 0.848. The standard InChI is InChI=1S/C19H25N/c1-5-16-9-11-17(12-10-16)13-18(20-4)19-14(2)7-6-8-15(19)3/h6-12,18,20H,5,13H2,1-4H3. The Labute approximate surface area is 123 Å². The van der Waals surface area contributed by atoms with Gasteiger partial charge in [-0.15, -0.1) is 0 Å². The highest BCUT2D eigenvalue weighted by Crippen LogP contribution is 2.25. The van der Waals surface area contributed by atoms with Crippen molar-refractivity contribution >= 4 is 0 Å². The molecule has 106 valence electrons. The number of benzene rings is 2. The van der Waals surface area contributed by atoms with E-state index in [1.807, 2.05) is 0 Å². The van der Waals surface area contributed by atoms with Crippen LogP contribution in [0.15, 0.2) is 42.5 Å². The third-order valence-electron chi connectivity index (χ3n) is 4.11. The van der Waals surface area contributed by atoms with E-state index < -0.39 is 0 Å². The zero-order valence-corrected chi connectivity index (χ0v) is 13.0. The normalized spacial score (nSPS) is 12.4. The number of hydrogen-bond acceptors (Lipinski definition) is 1. The third-order valence-corrected chi connectivity index (χ3v) is 4.11. The van der Waals surface area contributed by atoms with Crippen molar-refractivity contribution in [2.75, 3.05) is 7.05 Å². The van der Waals surface area contributed by atoms with E-state index >= 15 is 0 Å². The first kappa shape index (κ1) is 14.8. The molecule has 0 fully saturated rings. The van der Waals surface area contributed by atoms with E-state index in [-0.39, 0.29) is 0 Å². The number of aryl methyl sites for hydroxylation is 3. The zero-order valence-electron chi connectivity index (χ0n) is 13.0. The summed E-state index contributed by atoms with van der Waals surface area (Å²) in [5, 5.41) is 3.48. The maximum Gasteiger partial charge on any atom is 0.0363 e. The summed E-state index contributed by atoms with van der Waals surface area (Å²) < 4.78 is 0. The molecule has 0 bridgehead atoms. The molecule has 20 heavy (non-hydrogen) atoms. The van der Waals surface area contributed by atoms with Gasteiger partial charge in [0.25, 0.3) is 0 Å². The van der Waals surface area contributed by atoms with E-state index in [9.17, 15) is 0 Å². The lowest BCUT2D eigenvalue weighted by atomic mass is 9.91. The topological polar surface area (TPSA) is 12.0 Å². The monoisotopic (exact) mass is 267 g/mol. The van der Waals surface area contributed by atoms with Gasteiger partial charge in [-0.05, 0) is 61.6 Å². The number of hydrogen-bond donors (Lipinski definition) is 1.